The highest BCUT2D eigenvalue weighted by Crippen LogP contribution is 2.27. The van der Waals surface area contributed by atoms with Crippen LogP contribution >= 0.6 is 39.3 Å². The fraction of sp³-hybridized carbons (Fsp3) is 0.0952. The van der Waals surface area contributed by atoms with Crippen LogP contribution in [0, 0.1) is 5.82 Å². The van der Waals surface area contributed by atoms with E-state index in [4.69, 9.17) is 11.6 Å². The SMILES string of the molecule is CSc1ccc(S(=O)(=O)N(CC(=O)Nc2ccc(Br)c(Cl)c2)c2cccc(F)c2)cc1. The second-order valence-electron chi connectivity index (χ2n) is 6.34. The molecule has 0 saturated carbocycles. The zero-order chi connectivity index (χ0) is 22.6. The predicted molar refractivity (Wildman–Crippen MR) is 127 cm³/mol. The van der Waals surface area contributed by atoms with Crippen LogP contribution in [0.25, 0.3) is 0 Å². The molecule has 0 aliphatic heterocycles. The van der Waals surface area contributed by atoms with Crippen molar-refractivity contribution in [2.75, 3.05) is 22.4 Å². The second kappa shape index (κ2) is 10.0. The molecule has 0 aliphatic carbocycles. The minimum Gasteiger partial charge on any atom is -0.324 e. The van der Waals surface area contributed by atoms with Crippen molar-refractivity contribution in [3.8, 4) is 0 Å². The Morgan fingerprint density at radius 3 is 2.45 bits per heavy atom. The van der Waals surface area contributed by atoms with Crippen LogP contribution in [-0.2, 0) is 14.8 Å². The summed E-state index contributed by atoms with van der Waals surface area (Å²) < 4.78 is 42.0. The number of halogens is 3. The Bertz CT molecular complexity index is 1210. The van der Waals surface area contributed by atoms with Crippen LogP contribution in [0.15, 0.2) is 81.0 Å². The van der Waals surface area contributed by atoms with Crippen LogP contribution in [0.3, 0.4) is 0 Å². The number of rotatable bonds is 7. The van der Waals surface area contributed by atoms with Crippen LogP contribution < -0.4 is 9.62 Å². The van der Waals surface area contributed by atoms with Crippen molar-refractivity contribution in [3.63, 3.8) is 0 Å². The lowest BCUT2D eigenvalue weighted by molar-refractivity contribution is -0.114. The lowest BCUT2D eigenvalue weighted by atomic mass is 10.3. The molecule has 0 fully saturated rings. The van der Waals surface area contributed by atoms with E-state index in [1.54, 1.807) is 24.3 Å². The standard InChI is InChI=1S/C21H17BrClFN2O3S2/c1-30-17-6-8-18(9-7-17)31(28,29)26(16-4-2-3-14(24)11-16)13-21(27)25-15-5-10-19(22)20(23)12-15/h2-12H,13H2,1H3,(H,25,27). The number of sulfonamides is 1. The molecule has 5 nitrogen and oxygen atoms in total. The van der Waals surface area contributed by atoms with Gasteiger partial charge in [0.1, 0.15) is 12.4 Å². The number of anilines is 2. The molecule has 3 rings (SSSR count). The number of carbonyl (C=O) groups excluding carboxylic acids is 1. The van der Waals surface area contributed by atoms with E-state index in [-0.39, 0.29) is 10.6 Å². The zero-order valence-electron chi connectivity index (χ0n) is 16.2. The van der Waals surface area contributed by atoms with Gasteiger partial charge in [-0.3, -0.25) is 9.10 Å². The second-order valence-corrected chi connectivity index (χ2v) is 10.3. The van der Waals surface area contributed by atoms with Crippen LogP contribution in [-0.4, -0.2) is 27.1 Å². The third-order valence-electron chi connectivity index (χ3n) is 4.23. The van der Waals surface area contributed by atoms with Crippen LogP contribution in [0.2, 0.25) is 5.02 Å². The zero-order valence-corrected chi connectivity index (χ0v) is 20.2. The Labute approximate surface area is 197 Å². The first kappa shape index (κ1) is 23.6. The van der Waals surface area contributed by atoms with Gasteiger partial charge in [-0.1, -0.05) is 17.7 Å². The van der Waals surface area contributed by atoms with E-state index in [0.717, 1.165) is 15.3 Å². The number of nitrogens with zero attached hydrogens (tertiary/aromatic N) is 1. The summed E-state index contributed by atoms with van der Waals surface area (Å²) in [7, 11) is -4.14. The van der Waals surface area contributed by atoms with Gasteiger partial charge in [-0.2, -0.15) is 0 Å². The van der Waals surface area contributed by atoms with E-state index in [9.17, 15) is 17.6 Å². The summed E-state index contributed by atoms with van der Waals surface area (Å²) >= 11 is 10.8. The third-order valence-corrected chi connectivity index (χ3v) is 8.00. The smallest absolute Gasteiger partial charge is 0.264 e. The maximum atomic E-state index is 13.8. The minimum atomic E-state index is -4.14. The molecule has 0 aromatic heterocycles. The van der Waals surface area contributed by atoms with Crippen molar-refractivity contribution in [2.24, 2.45) is 0 Å². The Morgan fingerprint density at radius 2 is 1.84 bits per heavy atom. The van der Waals surface area contributed by atoms with E-state index in [2.05, 4.69) is 21.2 Å². The predicted octanol–water partition coefficient (Wildman–Crippen LogP) is 5.80. The molecule has 0 saturated heterocycles. The normalized spacial score (nSPS) is 11.2. The van der Waals surface area contributed by atoms with E-state index in [1.165, 1.54) is 48.2 Å². The van der Waals surface area contributed by atoms with Crippen molar-refractivity contribution in [1.29, 1.82) is 0 Å². The lowest BCUT2D eigenvalue weighted by Crippen LogP contribution is -2.38. The summed E-state index contributed by atoms with van der Waals surface area (Å²) in [6.45, 7) is -0.552. The number of thioether (sulfide) groups is 1. The molecule has 1 N–H and O–H groups in total. The van der Waals surface area contributed by atoms with Crippen LogP contribution in [0.5, 0.6) is 0 Å². The first-order chi connectivity index (χ1) is 14.7. The summed E-state index contributed by atoms with van der Waals surface area (Å²) in [5.74, 6) is -1.22. The van der Waals surface area contributed by atoms with Gasteiger partial charge in [0.2, 0.25) is 5.91 Å². The van der Waals surface area contributed by atoms with E-state index >= 15 is 0 Å². The maximum absolute atomic E-state index is 13.8. The maximum Gasteiger partial charge on any atom is 0.264 e. The molecule has 0 unspecified atom stereocenters. The van der Waals surface area contributed by atoms with Gasteiger partial charge >= 0.3 is 0 Å². The third kappa shape index (κ3) is 5.79. The molecular weight excluding hydrogens is 527 g/mol. The molecule has 1 amide bonds. The average molecular weight is 544 g/mol. The summed E-state index contributed by atoms with van der Waals surface area (Å²) in [6.07, 6.45) is 1.88. The highest BCUT2D eigenvalue weighted by Gasteiger charge is 2.27. The molecule has 0 heterocycles. The van der Waals surface area contributed by atoms with Gasteiger partial charge < -0.3 is 5.32 Å². The molecule has 0 bridgehead atoms. The minimum absolute atomic E-state index is 0.00551. The summed E-state index contributed by atoms with van der Waals surface area (Å²) in [6, 6.07) is 16.2. The monoisotopic (exact) mass is 542 g/mol. The van der Waals surface area contributed by atoms with Crippen molar-refractivity contribution in [2.45, 2.75) is 9.79 Å². The largest absolute Gasteiger partial charge is 0.324 e. The molecule has 0 radical (unpaired) electrons. The quantitative estimate of drug-likeness (QED) is 0.383. The van der Waals surface area contributed by atoms with Gasteiger partial charge in [0.15, 0.2) is 0 Å². The van der Waals surface area contributed by atoms with Gasteiger partial charge in [-0.05, 0) is 82.8 Å². The number of carbonyl (C=O) groups is 1. The summed E-state index contributed by atoms with van der Waals surface area (Å²) in [4.78, 5) is 13.6. The topological polar surface area (TPSA) is 66.5 Å². The van der Waals surface area contributed by atoms with Crippen molar-refractivity contribution in [3.05, 3.63) is 82.0 Å². The van der Waals surface area contributed by atoms with Gasteiger partial charge in [0, 0.05) is 15.1 Å². The van der Waals surface area contributed by atoms with Crippen molar-refractivity contribution in [1.82, 2.24) is 0 Å². The fourth-order valence-electron chi connectivity index (χ4n) is 2.73. The number of amides is 1. The first-order valence-electron chi connectivity index (χ1n) is 8.88. The molecule has 0 spiro atoms. The summed E-state index contributed by atoms with van der Waals surface area (Å²) in [5.41, 5.74) is 0.442. The van der Waals surface area contributed by atoms with Crippen molar-refractivity contribution >= 4 is 66.6 Å². The Morgan fingerprint density at radius 1 is 1.13 bits per heavy atom. The Kier molecular flexibility index (Phi) is 7.64. The molecule has 31 heavy (non-hydrogen) atoms. The molecule has 10 heteroatoms. The van der Waals surface area contributed by atoms with E-state index in [1.807, 2.05) is 6.26 Å². The molecule has 0 aliphatic rings. The van der Waals surface area contributed by atoms with Crippen LogP contribution in [0.4, 0.5) is 15.8 Å². The highest BCUT2D eigenvalue weighted by molar-refractivity contribution is 9.10. The van der Waals surface area contributed by atoms with Crippen molar-refractivity contribution < 1.29 is 17.6 Å². The number of hydrogen-bond acceptors (Lipinski definition) is 4. The van der Waals surface area contributed by atoms with Crippen LogP contribution in [0.1, 0.15) is 0 Å². The first-order valence-corrected chi connectivity index (χ1v) is 12.7. The number of benzene rings is 3. The van der Waals surface area contributed by atoms with E-state index < -0.39 is 28.3 Å². The van der Waals surface area contributed by atoms with Gasteiger partial charge in [0.25, 0.3) is 10.0 Å². The fourth-order valence-corrected chi connectivity index (χ4v) is 4.97. The van der Waals surface area contributed by atoms with Gasteiger partial charge in [-0.15, -0.1) is 11.8 Å². The Hall–Kier alpha value is -2.07. The van der Waals surface area contributed by atoms with E-state index in [0.29, 0.717) is 15.2 Å². The molecule has 3 aromatic rings. The number of hydrogen-bond donors (Lipinski definition) is 1. The lowest BCUT2D eigenvalue weighted by Gasteiger charge is -2.24. The van der Waals surface area contributed by atoms with Gasteiger partial charge in [0.05, 0.1) is 15.6 Å². The molecule has 3 aromatic carbocycles. The van der Waals surface area contributed by atoms with Gasteiger partial charge in [-0.25, -0.2) is 12.8 Å². The molecular formula is C21H17BrClFN2O3S2. The summed E-state index contributed by atoms with van der Waals surface area (Å²) in [5, 5.41) is 3.01. The highest BCUT2D eigenvalue weighted by atomic mass is 79.9. The molecule has 0 atom stereocenters. The Balaban J connectivity index is 1.94. The molecule has 162 valence electrons. The number of nitrogens with one attached hydrogen (secondary N) is 1. The average Bonchev–Trinajstić information content (AvgIpc) is 2.74.